The Labute approximate surface area is 101 Å². The van der Waals surface area contributed by atoms with Crippen LogP contribution in [-0.2, 0) is 0 Å². The highest BCUT2D eigenvalue weighted by Crippen LogP contribution is 2.21. The zero-order valence-electron chi connectivity index (χ0n) is 9.82. The number of furan rings is 1. The van der Waals surface area contributed by atoms with Gasteiger partial charge in [0.25, 0.3) is 0 Å². The molecule has 0 atom stereocenters. The molecule has 2 heterocycles. The van der Waals surface area contributed by atoms with Crippen molar-refractivity contribution in [3.05, 3.63) is 30.5 Å². The molecule has 0 spiro atoms. The van der Waals surface area contributed by atoms with Crippen molar-refractivity contribution in [3.63, 3.8) is 0 Å². The highest BCUT2D eigenvalue weighted by molar-refractivity contribution is 5.78. The number of fused-ring (bicyclic) bond motifs is 1. The molecule has 0 unspecified atom stereocenters. The number of benzene rings is 1. The minimum Gasteiger partial charge on any atom is -0.492 e. The van der Waals surface area contributed by atoms with Gasteiger partial charge in [0, 0.05) is 11.9 Å². The van der Waals surface area contributed by atoms with Crippen molar-refractivity contribution < 1.29 is 9.15 Å². The topological polar surface area (TPSA) is 25.6 Å². The number of likely N-dealkylation sites (tertiary alicyclic amines) is 1. The largest absolute Gasteiger partial charge is 0.492 e. The van der Waals surface area contributed by atoms with E-state index in [0.717, 1.165) is 29.9 Å². The molecule has 1 aliphatic heterocycles. The van der Waals surface area contributed by atoms with Crippen molar-refractivity contribution in [1.82, 2.24) is 4.90 Å². The van der Waals surface area contributed by atoms with Crippen LogP contribution in [0.15, 0.2) is 28.7 Å². The van der Waals surface area contributed by atoms with Gasteiger partial charge in [-0.25, -0.2) is 0 Å². The highest BCUT2D eigenvalue weighted by Gasteiger charge is 2.10. The summed E-state index contributed by atoms with van der Waals surface area (Å²) in [5, 5.41) is 1.05. The summed E-state index contributed by atoms with van der Waals surface area (Å²) in [5.74, 6) is 0.909. The van der Waals surface area contributed by atoms with Gasteiger partial charge in [0.15, 0.2) is 6.26 Å². The average Bonchev–Trinajstić information content (AvgIpc) is 2.98. The van der Waals surface area contributed by atoms with E-state index in [2.05, 4.69) is 11.2 Å². The summed E-state index contributed by atoms with van der Waals surface area (Å²) in [4.78, 5) is 2.45. The summed E-state index contributed by atoms with van der Waals surface area (Å²) in [6.45, 7) is 4.22. The minimum absolute atomic E-state index is 0.757. The summed E-state index contributed by atoms with van der Waals surface area (Å²) >= 11 is 0. The van der Waals surface area contributed by atoms with Crippen LogP contribution in [0.1, 0.15) is 12.8 Å². The maximum absolute atomic E-state index is 5.75. The number of hydrogen-bond donors (Lipinski definition) is 0. The average molecular weight is 230 g/mol. The number of hydrogen-bond acceptors (Lipinski definition) is 3. The molecule has 1 saturated heterocycles. The smallest absolute Gasteiger partial charge is 0.170 e. The van der Waals surface area contributed by atoms with Gasteiger partial charge in [0.2, 0.25) is 0 Å². The van der Waals surface area contributed by atoms with Gasteiger partial charge in [-0.1, -0.05) is 0 Å². The van der Waals surface area contributed by atoms with E-state index in [4.69, 9.17) is 9.15 Å². The van der Waals surface area contributed by atoms with Gasteiger partial charge < -0.3 is 9.15 Å². The molecule has 2 aromatic rings. The summed E-state index contributed by atoms with van der Waals surface area (Å²) in [5.41, 5.74) is 0.858. The molecule has 1 radical (unpaired) electrons. The standard InChI is InChI=1S/C14H16NO2/c1-2-7-15(6-1)8-10-16-13-3-4-14-12(11-13)5-9-17-14/h3-5,11H,1-2,6-8,10H2. The van der Waals surface area contributed by atoms with E-state index in [-0.39, 0.29) is 0 Å². The molecule has 0 N–H and O–H groups in total. The SMILES string of the molecule is [c]1cc2cc(OCCN3CCCC3)ccc2o1. The van der Waals surface area contributed by atoms with Crippen molar-refractivity contribution in [2.45, 2.75) is 12.8 Å². The van der Waals surface area contributed by atoms with Crippen LogP contribution in [0.2, 0.25) is 0 Å². The molecule has 1 aromatic carbocycles. The molecule has 89 valence electrons. The molecule has 17 heavy (non-hydrogen) atoms. The Kier molecular flexibility index (Phi) is 3.01. The van der Waals surface area contributed by atoms with Crippen molar-refractivity contribution in [1.29, 1.82) is 0 Å². The minimum atomic E-state index is 0.757. The highest BCUT2D eigenvalue weighted by atomic mass is 16.5. The third-order valence-corrected chi connectivity index (χ3v) is 3.24. The number of nitrogens with zero attached hydrogens (tertiary/aromatic N) is 1. The Morgan fingerprint density at radius 3 is 3.06 bits per heavy atom. The van der Waals surface area contributed by atoms with Gasteiger partial charge in [0.1, 0.15) is 17.9 Å². The van der Waals surface area contributed by atoms with Gasteiger partial charge in [-0.3, -0.25) is 4.90 Å². The van der Waals surface area contributed by atoms with Gasteiger partial charge in [-0.2, -0.15) is 0 Å². The van der Waals surface area contributed by atoms with Crippen LogP contribution in [0.5, 0.6) is 5.75 Å². The molecule has 3 heteroatoms. The Morgan fingerprint density at radius 1 is 1.29 bits per heavy atom. The summed E-state index contributed by atoms with van der Waals surface area (Å²) in [7, 11) is 0. The van der Waals surface area contributed by atoms with E-state index in [1.807, 2.05) is 24.3 Å². The molecular formula is C14H16NO2. The molecule has 1 fully saturated rings. The number of rotatable bonds is 4. The van der Waals surface area contributed by atoms with Crippen LogP contribution in [-0.4, -0.2) is 31.1 Å². The first kappa shape index (κ1) is 10.7. The Bertz CT molecular complexity index is 486. The third kappa shape index (κ3) is 2.44. The molecule has 3 nitrogen and oxygen atoms in total. The van der Waals surface area contributed by atoms with E-state index >= 15 is 0 Å². The van der Waals surface area contributed by atoms with E-state index < -0.39 is 0 Å². The molecule has 0 saturated carbocycles. The van der Waals surface area contributed by atoms with E-state index in [0.29, 0.717) is 0 Å². The molecule has 0 aliphatic carbocycles. The fourth-order valence-electron chi connectivity index (χ4n) is 2.28. The first-order valence-electron chi connectivity index (χ1n) is 6.17. The fourth-order valence-corrected chi connectivity index (χ4v) is 2.28. The predicted molar refractivity (Wildman–Crippen MR) is 66.2 cm³/mol. The van der Waals surface area contributed by atoms with Crippen molar-refractivity contribution in [2.75, 3.05) is 26.2 Å². The molecule has 0 amide bonds. The predicted octanol–water partition coefficient (Wildman–Crippen LogP) is 2.71. The van der Waals surface area contributed by atoms with Gasteiger partial charge in [0.05, 0.1) is 0 Å². The summed E-state index contributed by atoms with van der Waals surface area (Å²) in [6.07, 6.45) is 5.39. The van der Waals surface area contributed by atoms with Crippen LogP contribution in [0.25, 0.3) is 11.0 Å². The van der Waals surface area contributed by atoms with E-state index in [1.165, 1.54) is 25.9 Å². The lowest BCUT2D eigenvalue weighted by molar-refractivity contribution is 0.238. The first-order valence-corrected chi connectivity index (χ1v) is 6.17. The lowest BCUT2D eigenvalue weighted by atomic mass is 10.2. The second-order valence-electron chi connectivity index (χ2n) is 4.46. The second-order valence-corrected chi connectivity index (χ2v) is 4.46. The normalized spacial score (nSPS) is 16.7. The van der Waals surface area contributed by atoms with Crippen molar-refractivity contribution in [3.8, 4) is 5.75 Å². The molecule has 0 bridgehead atoms. The van der Waals surface area contributed by atoms with Gasteiger partial charge in [-0.05, 0) is 50.2 Å². The molecular weight excluding hydrogens is 214 g/mol. The fraction of sp³-hybridized carbons (Fsp3) is 0.429. The van der Waals surface area contributed by atoms with E-state index in [9.17, 15) is 0 Å². The van der Waals surface area contributed by atoms with Crippen molar-refractivity contribution >= 4 is 11.0 Å². The van der Waals surface area contributed by atoms with Crippen LogP contribution >= 0.6 is 0 Å². The molecule has 3 rings (SSSR count). The van der Waals surface area contributed by atoms with Crippen LogP contribution in [0.4, 0.5) is 0 Å². The first-order chi connectivity index (χ1) is 8.42. The van der Waals surface area contributed by atoms with Crippen LogP contribution in [0.3, 0.4) is 0 Å². The van der Waals surface area contributed by atoms with E-state index in [1.54, 1.807) is 0 Å². The lowest BCUT2D eigenvalue weighted by Gasteiger charge is -2.14. The maximum atomic E-state index is 5.75. The van der Waals surface area contributed by atoms with Crippen LogP contribution < -0.4 is 4.74 Å². The van der Waals surface area contributed by atoms with Gasteiger partial charge >= 0.3 is 0 Å². The Hall–Kier alpha value is -1.48. The zero-order chi connectivity index (χ0) is 11.5. The van der Waals surface area contributed by atoms with Crippen LogP contribution in [0, 0.1) is 6.26 Å². The Balaban J connectivity index is 1.56. The molecule has 1 aromatic heterocycles. The van der Waals surface area contributed by atoms with Crippen molar-refractivity contribution in [2.24, 2.45) is 0 Å². The zero-order valence-corrected chi connectivity index (χ0v) is 9.82. The summed E-state index contributed by atoms with van der Waals surface area (Å²) < 4.78 is 10.9. The third-order valence-electron chi connectivity index (χ3n) is 3.24. The second kappa shape index (κ2) is 4.80. The quantitative estimate of drug-likeness (QED) is 0.807. The number of ether oxygens (including phenoxy) is 1. The Morgan fingerprint density at radius 2 is 2.18 bits per heavy atom. The molecule has 1 aliphatic rings. The summed E-state index contributed by atoms with van der Waals surface area (Å²) in [6, 6.07) is 7.71. The maximum Gasteiger partial charge on any atom is 0.170 e. The monoisotopic (exact) mass is 230 g/mol. The lowest BCUT2D eigenvalue weighted by Crippen LogP contribution is -2.25. The van der Waals surface area contributed by atoms with Gasteiger partial charge in [-0.15, -0.1) is 0 Å².